The molecule has 4 aliphatic rings. The highest BCUT2D eigenvalue weighted by Crippen LogP contribution is 2.43. The standard InChI is InChI=1S/C26H35N5.C8H14FN.C2H6/c1-6-16(3)18-10-11-21(28)20(13-27)24(18)17-8-9-19-22(12-17)29-23(7-2)30-25(19)31-14-26(4,5)15-31;1-8-3-2-4-10(8)6-7(9)5-8;1-2/h10-11,16-17H,6-9,12,14-15,28H2,1-5H3;7H,2-6H2,1H3;1-2H3. The van der Waals surface area contributed by atoms with Crippen LogP contribution in [0.25, 0.3) is 0 Å². The van der Waals surface area contributed by atoms with Crippen molar-refractivity contribution in [3.05, 3.63) is 45.9 Å². The predicted molar refractivity (Wildman–Crippen MR) is 177 cm³/mol. The van der Waals surface area contributed by atoms with Crippen molar-refractivity contribution < 1.29 is 4.39 Å². The third kappa shape index (κ3) is 6.85. The molecular formula is C36H55FN6. The van der Waals surface area contributed by atoms with E-state index in [4.69, 9.17) is 15.7 Å². The molecule has 236 valence electrons. The average Bonchev–Trinajstić information content (AvgIpc) is 3.48. The van der Waals surface area contributed by atoms with Gasteiger partial charge in [-0.05, 0) is 92.9 Å². The smallest absolute Gasteiger partial charge is 0.135 e. The van der Waals surface area contributed by atoms with E-state index < -0.39 is 6.17 Å². The number of nitrogen functional groups attached to an aromatic ring is 1. The van der Waals surface area contributed by atoms with Gasteiger partial charge in [0.2, 0.25) is 0 Å². The lowest BCUT2D eigenvalue weighted by Crippen LogP contribution is -2.54. The van der Waals surface area contributed by atoms with Crippen LogP contribution in [0.2, 0.25) is 0 Å². The summed E-state index contributed by atoms with van der Waals surface area (Å²) in [7, 11) is 0. The van der Waals surface area contributed by atoms with Gasteiger partial charge in [0.1, 0.15) is 23.9 Å². The Hall–Kier alpha value is -2.72. The van der Waals surface area contributed by atoms with Crippen molar-refractivity contribution in [1.82, 2.24) is 14.9 Å². The maximum absolute atomic E-state index is 12.8. The molecular weight excluding hydrogens is 535 g/mol. The van der Waals surface area contributed by atoms with Gasteiger partial charge in [0.15, 0.2) is 0 Å². The number of hydrogen-bond acceptors (Lipinski definition) is 6. The predicted octanol–water partition coefficient (Wildman–Crippen LogP) is 7.73. The third-order valence-corrected chi connectivity index (χ3v) is 10.1. The number of alkyl halides is 1. The van der Waals surface area contributed by atoms with Crippen molar-refractivity contribution in [2.45, 2.75) is 130 Å². The van der Waals surface area contributed by atoms with E-state index in [9.17, 15) is 9.65 Å². The Labute approximate surface area is 260 Å². The molecule has 1 aromatic heterocycles. The zero-order valence-corrected chi connectivity index (χ0v) is 28.1. The number of aromatic nitrogens is 2. The van der Waals surface area contributed by atoms with E-state index in [1.807, 2.05) is 19.9 Å². The minimum Gasteiger partial charge on any atom is -0.398 e. The molecule has 1 aromatic carbocycles. The second-order valence-corrected chi connectivity index (χ2v) is 14.0. The summed E-state index contributed by atoms with van der Waals surface area (Å²) in [4.78, 5) is 14.6. The summed E-state index contributed by atoms with van der Waals surface area (Å²) in [5, 5.41) is 9.93. The summed E-state index contributed by atoms with van der Waals surface area (Å²) in [6.07, 6.45) is 7.39. The van der Waals surface area contributed by atoms with Crippen molar-refractivity contribution in [3.63, 3.8) is 0 Å². The molecule has 4 atom stereocenters. The monoisotopic (exact) mass is 590 g/mol. The molecule has 7 heteroatoms. The van der Waals surface area contributed by atoms with Crippen LogP contribution in [0.15, 0.2) is 12.1 Å². The van der Waals surface area contributed by atoms with Crippen LogP contribution < -0.4 is 10.6 Å². The lowest BCUT2D eigenvalue weighted by molar-refractivity contribution is 0.217. The molecule has 0 radical (unpaired) electrons. The lowest BCUT2D eigenvalue weighted by atomic mass is 9.76. The highest BCUT2D eigenvalue weighted by molar-refractivity contribution is 5.63. The molecule has 0 bridgehead atoms. The first-order valence-electron chi connectivity index (χ1n) is 16.8. The zero-order valence-electron chi connectivity index (χ0n) is 28.1. The molecule has 0 amide bonds. The molecule has 1 aliphatic carbocycles. The number of hydrogen-bond donors (Lipinski definition) is 1. The summed E-state index contributed by atoms with van der Waals surface area (Å²) >= 11 is 0. The fraction of sp³-hybridized carbons (Fsp3) is 0.694. The van der Waals surface area contributed by atoms with Gasteiger partial charge >= 0.3 is 0 Å². The number of benzene rings is 1. The number of nitriles is 1. The maximum atomic E-state index is 12.8. The molecule has 6 nitrogen and oxygen atoms in total. The van der Waals surface area contributed by atoms with E-state index in [0.717, 1.165) is 75.4 Å². The van der Waals surface area contributed by atoms with Gasteiger partial charge < -0.3 is 10.6 Å². The van der Waals surface area contributed by atoms with Gasteiger partial charge in [-0.25, -0.2) is 14.4 Å². The minimum absolute atomic E-state index is 0.236. The van der Waals surface area contributed by atoms with Gasteiger partial charge in [-0.1, -0.05) is 54.5 Å². The first kappa shape index (κ1) is 33.2. The Kier molecular flexibility index (Phi) is 10.4. The van der Waals surface area contributed by atoms with Crippen LogP contribution in [-0.4, -0.2) is 52.8 Å². The Morgan fingerprint density at radius 1 is 1.16 bits per heavy atom. The molecule has 2 N–H and O–H groups in total. The first-order chi connectivity index (χ1) is 20.5. The van der Waals surface area contributed by atoms with E-state index in [-0.39, 0.29) is 11.5 Å². The Morgan fingerprint density at radius 2 is 1.88 bits per heavy atom. The van der Waals surface area contributed by atoms with Crippen molar-refractivity contribution in [1.29, 1.82) is 5.26 Å². The number of nitrogens with zero attached hydrogens (tertiary/aromatic N) is 5. The summed E-state index contributed by atoms with van der Waals surface area (Å²) < 4.78 is 12.8. The Morgan fingerprint density at radius 3 is 2.49 bits per heavy atom. The normalized spacial score (nSPS) is 26.1. The minimum atomic E-state index is -0.551. The zero-order chi connectivity index (χ0) is 31.5. The van der Waals surface area contributed by atoms with Crippen LogP contribution in [0, 0.1) is 16.7 Å². The number of aryl methyl sites for hydroxylation is 1. The Balaban J connectivity index is 0.000000294. The molecule has 3 fully saturated rings. The third-order valence-electron chi connectivity index (χ3n) is 10.1. The molecule has 4 heterocycles. The van der Waals surface area contributed by atoms with Crippen molar-refractivity contribution >= 4 is 11.5 Å². The molecule has 43 heavy (non-hydrogen) atoms. The van der Waals surface area contributed by atoms with Crippen LogP contribution in [0.1, 0.15) is 133 Å². The molecule has 6 rings (SSSR count). The maximum Gasteiger partial charge on any atom is 0.135 e. The van der Waals surface area contributed by atoms with E-state index in [1.54, 1.807) is 0 Å². The molecule has 4 unspecified atom stereocenters. The number of halogens is 1. The van der Waals surface area contributed by atoms with Gasteiger partial charge in [0, 0.05) is 42.8 Å². The summed E-state index contributed by atoms with van der Waals surface area (Å²) in [6, 6.07) is 6.46. The largest absolute Gasteiger partial charge is 0.398 e. The number of rotatable bonds is 5. The van der Waals surface area contributed by atoms with E-state index in [2.05, 4.69) is 63.5 Å². The van der Waals surface area contributed by atoms with Gasteiger partial charge in [0.25, 0.3) is 0 Å². The molecule has 0 spiro atoms. The van der Waals surface area contributed by atoms with Gasteiger partial charge in [0.05, 0.1) is 11.3 Å². The van der Waals surface area contributed by atoms with Crippen LogP contribution in [0.3, 0.4) is 0 Å². The molecule has 3 saturated heterocycles. The van der Waals surface area contributed by atoms with E-state index in [0.29, 0.717) is 29.1 Å². The van der Waals surface area contributed by atoms with Crippen molar-refractivity contribution in [3.8, 4) is 6.07 Å². The van der Waals surface area contributed by atoms with Crippen molar-refractivity contribution in [2.24, 2.45) is 5.41 Å². The van der Waals surface area contributed by atoms with Gasteiger partial charge in [-0.15, -0.1) is 0 Å². The molecule has 3 aliphatic heterocycles. The van der Waals surface area contributed by atoms with Crippen LogP contribution in [0.4, 0.5) is 15.9 Å². The number of anilines is 2. The van der Waals surface area contributed by atoms with Crippen LogP contribution in [0.5, 0.6) is 0 Å². The fourth-order valence-electron chi connectivity index (χ4n) is 7.72. The summed E-state index contributed by atoms with van der Waals surface area (Å²) in [5.74, 6) is 2.75. The quantitative estimate of drug-likeness (QED) is 0.359. The SMILES string of the molecule is CC.CC12CCCN1CC(F)C2.CCc1nc2c(c(N3CC(C)(C)C3)n1)CCC(c1c(C(C)CC)ccc(N)c1C#N)C2. The van der Waals surface area contributed by atoms with Crippen molar-refractivity contribution in [2.75, 3.05) is 36.8 Å². The molecule has 2 aromatic rings. The lowest BCUT2D eigenvalue weighted by Gasteiger charge is -2.47. The number of nitrogens with two attached hydrogens (primary N) is 1. The van der Waals surface area contributed by atoms with Crippen LogP contribution >= 0.6 is 0 Å². The average molecular weight is 591 g/mol. The molecule has 0 saturated carbocycles. The second-order valence-electron chi connectivity index (χ2n) is 14.0. The topological polar surface area (TPSA) is 82.1 Å². The second kappa shape index (κ2) is 13.5. The summed E-state index contributed by atoms with van der Waals surface area (Å²) in [5.41, 5.74) is 13.0. The summed E-state index contributed by atoms with van der Waals surface area (Å²) in [6.45, 7) is 21.3. The Bertz CT molecular complexity index is 1310. The fourth-order valence-corrected chi connectivity index (χ4v) is 7.72. The highest BCUT2D eigenvalue weighted by Gasteiger charge is 2.44. The van der Waals surface area contributed by atoms with Crippen LogP contribution in [-0.2, 0) is 19.3 Å². The van der Waals surface area contributed by atoms with E-state index in [1.165, 1.54) is 29.7 Å². The van der Waals surface area contributed by atoms with Gasteiger partial charge in [-0.3, -0.25) is 4.90 Å². The van der Waals surface area contributed by atoms with E-state index >= 15 is 0 Å². The highest BCUT2D eigenvalue weighted by atomic mass is 19.1. The first-order valence-corrected chi connectivity index (χ1v) is 16.8. The van der Waals surface area contributed by atoms with Gasteiger partial charge in [-0.2, -0.15) is 5.26 Å². The number of fused-ring (bicyclic) bond motifs is 2.